The van der Waals surface area contributed by atoms with Gasteiger partial charge in [-0.15, -0.1) is 0 Å². The maximum atomic E-state index is 12.3. The monoisotopic (exact) mass is 233 g/mol. The number of allylic oxidation sites excluding steroid dienone is 4. The highest BCUT2D eigenvalue weighted by Gasteiger charge is 2.35. The standard InChI is InChI=1S/C14H19NO2/c1-8(2)12-6-11(15-17)7-13(14(12)16)9(3)10-4-5-10/h6-10,17H,4-5H2,1-3H3. The van der Waals surface area contributed by atoms with Gasteiger partial charge >= 0.3 is 0 Å². The molecule has 2 aliphatic rings. The van der Waals surface area contributed by atoms with Crippen molar-refractivity contribution >= 4 is 11.5 Å². The summed E-state index contributed by atoms with van der Waals surface area (Å²) >= 11 is 0. The first-order valence-electron chi connectivity index (χ1n) is 6.24. The van der Waals surface area contributed by atoms with Gasteiger partial charge < -0.3 is 5.21 Å². The molecule has 1 saturated carbocycles. The second-order valence-electron chi connectivity index (χ2n) is 5.33. The zero-order chi connectivity index (χ0) is 12.6. The second kappa shape index (κ2) is 4.47. The number of nitrogens with zero attached hydrogens (tertiary/aromatic N) is 1. The molecule has 2 rings (SSSR count). The van der Waals surface area contributed by atoms with Gasteiger partial charge in [-0.2, -0.15) is 0 Å². The van der Waals surface area contributed by atoms with E-state index in [-0.39, 0.29) is 17.6 Å². The van der Waals surface area contributed by atoms with Gasteiger partial charge in [0.2, 0.25) is 0 Å². The lowest BCUT2D eigenvalue weighted by molar-refractivity contribution is -0.113. The van der Waals surface area contributed by atoms with Gasteiger partial charge in [0.15, 0.2) is 5.78 Å². The first-order chi connectivity index (χ1) is 8.04. The molecule has 1 fully saturated rings. The zero-order valence-corrected chi connectivity index (χ0v) is 10.6. The summed E-state index contributed by atoms with van der Waals surface area (Å²) in [4.78, 5) is 12.3. The zero-order valence-electron chi connectivity index (χ0n) is 10.6. The van der Waals surface area contributed by atoms with E-state index in [0.29, 0.717) is 11.6 Å². The van der Waals surface area contributed by atoms with Gasteiger partial charge in [0.25, 0.3) is 0 Å². The molecule has 1 atom stereocenters. The molecular weight excluding hydrogens is 214 g/mol. The third kappa shape index (κ3) is 2.33. The Bertz CT molecular complexity index is 426. The van der Waals surface area contributed by atoms with Crippen molar-refractivity contribution < 1.29 is 10.0 Å². The van der Waals surface area contributed by atoms with Crippen LogP contribution in [0.4, 0.5) is 0 Å². The predicted molar refractivity (Wildman–Crippen MR) is 67.1 cm³/mol. The fourth-order valence-electron chi connectivity index (χ4n) is 2.33. The Morgan fingerprint density at radius 1 is 1.24 bits per heavy atom. The van der Waals surface area contributed by atoms with Crippen molar-refractivity contribution in [2.45, 2.75) is 33.6 Å². The van der Waals surface area contributed by atoms with Crippen molar-refractivity contribution in [3.8, 4) is 0 Å². The Kier molecular flexibility index (Phi) is 3.18. The molecule has 0 radical (unpaired) electrons. The molecule has 0 aromatic rings. The number of rotatable bonds is 3. The number of carbonyl (C=O) groups excluding carboxylic acids is 1. The lowest BCUT2D eigenvalue weighted by Gasteiger charge is -2.21. The number of oxime groups is 1. The van der Waals surface area contributed by atoms with Crippen molar-refractivity contribution in [2.24, 2.45) is 22.9 Å². The number of hydrogen-bond acceptors (Lipinski definition) is 3. The van der Waals surface area contributed by atoms with Crippen molar-refractivity contribution in [2.75, 3.05) is 0 Å². The molecule has 0 heterocycles. The predicted octanol–water partition coefficient (Wildman–Crippen LogP) is 2.95. The van der Waals surface area contributed by atoms with Crippen LogP contribution in [0, 0.1) is 17.8 Å². The summed E-state index contributed by atoms with van der Waals surface area (Å²) in [5.74, 6) is 1.21. The molecule has 0 aliphatic heterocycles. The third-order valence-corrected chi connectivity index (χ3v) is 3.69. The van der Waals surface area contributed by atoms with Crippen LogP contribution in [0.5, 0.6) is 0 Å². The Morgan fingerprint density at radius 3 is 2.29 bits per heavy atom. The van der Waals surface area contributed by atoms with E-state index in [9.17, 15) is 4.79 Å². The van der Waals surface area contributed by atoms with Crippen molar-refractivity contribution in [3.05, 3.63) is 23.3 Å². The van der Waals surface area contributed by atoms with E-state index in [1.54, 1.807) is 12.2 Å². The topological polar surface area (TPSA) is 49.7 Å². The smallest absolute Gasteiger partial charge is 0.185 e. The van der Waals surface area contributed by atoms with Gasteiger partial charge in [-0.1, -0.05) is 25.9 Å². The summed E-state index contributed by atoms with van der Waals surface area (Å²) < 4.78 is 0. The molecule has 3 nitrogen and oxygen atoms in total. The summed E-state index contributed by atoms with van der Waals surface area (Å²) in [6.07, 6.45) is 5.84. The van der Waals surface area contributed by atoms with Crippen LogP contribution < -0.4 is 0 Å². The van der Waals surface area contributed by atoms with E-state index < -0.39 is 0 Å². The van der Waals surface area contributed by atoms with Crippen LogP contribution in [0.15, 0.2) is 28.5 Å². The van der Waals surface area contributed by atoms with Gasteiger partial charge in [-0.25, -0.2) is 0 Å². The molecule has 17 heavy (non-hydrogen) atoms. The Balaban J connectivity index is 2.32. The van der Waals surface area contributed by atoms with Crippen LogP contribution in [-0.4, -0.2) is 16.7 Å². The number of hydrogen-bond donors (Lipinski definition) is 1. The fraction of sp³-hybridized carbons (Fsp3) is 0.571. The van der Waals surface area contributed by atoms with Crippen molar-refractivity contribution in [3.63, 3.8) is 0 Å². The summed E-state index contributed by atoms with van der Waals surface area (Å²) in [5, 5.41) is 12.2. The quantitative estimate of drug-likeness (QED) is 0.463. The normalized spacial score (nSPS) is 24.9. The summed E-state index contributed by atoms with van der Waals surface area (Å²) in [6, 6.07) is 0. The van der Waals surface area contributed by atoms with Crippen LogP contribution >= 0.6 is 0 Å². The number of Topliss-reactive ketones (excluding diaryl/α,β-unsaturated/α-hetero) is 1. The second-order valence-corrected chi connectivity index (χ2v) is 5.33. The fourth-order valence-corrected chi connectivity index (χ4v) is 2.33. The largest absolute Gasteiger partial charge is 0.410 e. The Morgan fingerprint density at radius 2 is 1.82 bits per heavy atom. The molecule has 0 bridgehead atoms. The molecule has 92 valence electrons. The lowest BCUT2D eigenvalue weighted by Crippen LogP contribution is -2.22. The highest BCUT2D eigenvalue weighted by Crippen LogP contribution is 2.41. The molecule has 1 N–H and O–H groups in total. The molecule has 0 saturated heterocycles. The van der Waals surface area contributed by atoms with E-state index >= 15 is 0 Å². The Labute approximate surface area is 102 Å². The molecule has 0 spiro atoms. The summed E-state index contributed by atoms with van der Waals surface area (Å²) in [5.41, 5.74) is 2.06. The van der Waals surface area contributed by atoms with Crippen LogP contribution in [0.25, 0.3) is 0 Å². The molecule has 3 heteroatoms. The first kappa shape index (κ1) is 12.1. The maximum Gasteiger partial charge on any atom is 0.185 e. The summed E-state index contributed by atoms with van der Waals surface area (Å²) in [6.45, 7) is 6.08. The van der Waals surface area contributed by atoms with E-state index in [0.717, 1.165) is 11.1 Å². The van der Waals surface area contributed by atoms with Gasteiger partial charge in [0, 0.05) is 11.1 Å². The number of ketones is 1. The average molecular weight is 233 g/mol. The van der Waals surface area contributed by atoms with E-state index in [1.165, 1.54) is 12.8 Å². The highest BCUT2D eigenvalue weighted by atomic mass is 16.4. The van der Waals surface area contributed by atoms with Gasteiger partial charge in [-0.3, -0.25) is 4.79 Å². The van der Waals surface area contributed by atoms with Crippen molar-refractivity contribution in [1.29, 1.82) is 0 Å². The SMILES string of the molecule is CC(C)C1=CC(=NO)C=C(C(C)C2CC2)C1=O. The van der Waals surface area contributed by atoms with Crippen LogP contribution in [0.2, 0.25) is 0 Å². The van der Waals surface area contributed by atoms with E-state index in [1.807, 2.05) is 13.8 Å². The lowest BCUT2D eigenvalue weighted by atomic mass is 9.82. The maximum absolute atomic E-state index is 12.3. The molecular formula is C14H19NO2. The average Bonchev–Trinajstić information content (AvgIpc) is 3.12. The highest BCUT2D eigenvalue weighted by molar-refractivity contribution is 6.22. The minimum Gasteiger partial charge on any atom is -0.410 e. The summed E-state index contributed by atoms with van der Waals surface area (Å²) in [7, 11) is 0. The van der Waals surface area contributed by atoms with Gasteiger partial charge in [-0.05, 0) is 42.7 Å². The van der Waals surface area contributed by atoms with Gasteiger partial charge in [0.05, 0.1) is 0 Å². The minimum atomic E-state index is 0.131. The molecule has 0 aromatic carbocycles. The molecule has 1 unspecified atom stereocenters. The van der Waals surface area contributed by atoms with Crippen LogP contribution in [-0.2, 0) is 4.79 Å². The molecule has 0 aromatic heterocycles. The minimum absolute atomic E-state index is 0.131. The van der Waals surface area contributed by atoms with E-state index in [4.69, 9.17) is 5.21 Å². The van der Waals surface area contributed by atoms with Crippen LogP contribution in [0.1, 0.15) is 33.6 Å². The van der Waals surface area contributed by atoms with Crippen LogP contribution in [0.3, 0.4) is 0 Å². The molecule has 2 aliphatic carbocycles. The Hall–Kier alpha value is -1.38. The first-order valence-corrected chi connectivity index (χ1v) is 6.24. The van der Waals surface area contributed by atoms with Gasteiger partial charge in [0.1, 0.15) is 5.71 Å². The number of carbonyl (C=O) groups is 1. The third-order valence-electron chi connectivity index (χ3n) is 3.69. The van der Waals surface area contributed by atoms with Crippen molar-refractivity contribution in [1.82, 2.24) is 0 Å². The molecule has 0 amide bonds. The van der Waals surface area contributed by atoms with E-state index in [2.05, 4.69) is 12.1 Å².